The Hall–Kier alpha value is -1.74. The van der Waals surface area contributed by atoms with Crippen molar-refractivity contribution in [1.29, 1.82) is 0 Å². The summed E-state index contributed by atoms with van der Waals surface area (Å²) < 4.78 is 11.0. The summed E-state index contributed by atoms with van der Waals surface area (Å²) in [6, 6.07) is 4.06. The van der Waals surface area contributed by atoms with E-state index in [0.29, 0.717) is 14.9 Å². The number of nitrogens with zero attached hydrogens (tertiary/aromatic N) is 3. The molecule has 1 heterocycles. The van der Waals surface area contributed by atoms with Crippen molar-refractivity contribution >= 4 is 33.0 Å². The van der Waals surface area contributed by atoms with E-state index >= 15 is 0 Å². The topological polar surface area (TPSA) is 87.4 Å². The molecule has 0 radical (unpaired) electrons. The van der Waals surface area contributed by atoms with Gasteiger partial charge in [-0.25, -0.2) is 0 Å². The number of hydrogen-bond acceptors (Lipinski definition) is 7. The fourth-order valence-corrected chi connectivity index (χ4v) is 2.12. The zero-order valence-electron chi connectivity index (χ0n) is 8.99. The molecule has 94 valence electrons. The van der Waals surface area contributed by atoms with E-state index in [1.807, 2.05) is 0 Å². The number of non-ortho nitro benzene ring substituents is 1. The molecular formula is C9H6BrN3O4S. The van der Waals surface area contributed by atoms with E-state index in [2.05, 4.69) is 26.1 Å². The lowest BCUT2D eigenvalue weighted by molar-refractivity contribution is -0.384. The number of benzene rings is 1. The van der Waals surface area contributed by atoms with E-state index < -0.39 is 4.92 Å². The third kappa shape index (κ3) is 2.74. The van der Waals surface area contributed by atoms with Crippen LogP contribution in [0.3, 0.4) is 0 Å². The maximum atomic E-state index is 10.6. The molecule has 1 aromatic heterocycles. The smallest absolute Gasteiger partial charge is 0.300 e. The molecule has 1 aromatic carbocycles. The second kappa shape index (κ2) is 5.27. The van der Waals surface area contributed by atoms with Gasteiger partial charge in [0.25, 0.3) is 10.9 Å². The molecule has 0 aliphatic heterocycles. The molecule has 0 fully saturated rings. The largest absolute Gasteiger partial charge is 0.493 e. The summed E-state index contributed by atoms with van der Waals surface area (Å²) in [7, 11) is 1.40. The summed E-state index contributed by atoms with van der Waals surface area (Å²) >= 11 is 4.35. The first-order valence-electron chi connectivity index (χ1n) is 4.59. The van der Waals surface area contributed by atoms with Gasteiger partial charge in [-0.1, -0.05) is 5.10 Å². The van der Waals surface area contributed by atoms with Gasteiger partial charge in [-0.15, -0.1) is 5.10 Å². The van der Waals surface area contributed by atoms with Gasteiger partial charge in [0.1, 0.15) is 0 Å². The number of halogens is 1. The summed E-state index contributed by atoms with van der Waals surface area (Å²) in [5.41, 5.74) is -0.0716. The third-order valence-electron chi connectivity index (χ3n) is 1.94. The Balaban J connectivity index is 2.30. The summed E-state index contributed by atoms with van der Waals surface area (Å²) in [6.07, 6.45) is 0. The molecule has 0 N–H and O–H groups in total. The van der Waals surface area contributed by atoms with Crippen molar-refractivity contribution in [2.45, 2.75) is 0 Å². The lowest BCUT2D eigenvalue weighted by atomic mass is 10.3. The highest BCUT2D eigenvalue weighted by Crippen LogP contribution is 2.36. The molecule has 2 rings (SSSR count). The van der Waals surface area contributed by atoms with Gasteiger partial charge in [0.05, 0.1) is 18.1 Å². The number of ether oxygens (including phenoxy) is 2. The molecule has 0 spiro atoms. The van der Waals surface area contributed by atoms with Crippen LogP contribution in [-0.4, -0.2) is 22.2 Å². The van der Waals surface area contributed by atoms with Crippen molar-refractivity contribution in [2.24, 2.45) is 0 Å². The molecule has 0 aliphatic rings. The van der Waals surface area contributed by atoms with Gasteiger partial charge >= 0.3 is 0 Å². The van der Waals surface area contributed by atoms with E-state index in [0.717, 1.165) is 0 Å². The SMILES string of the molecule is COc1cc([N+](=O)[O-])ccc1Oc1nnc(Br)s1. The van der Waals surface area contributed by atoms with Gasteiger partial charge in [-0.05, 0) is 33.3 Å². The maximum absolute atomic E-state index is 10.6. The summed E-state index contributed by atoms with van der Waals surface area (Å²) in [4.78, 5) is 10.1. The molecule has 0 amide bonds. The number of nitro benzene ring substituents is 1. The standard InChI is InChI=1S/C9H6BrN3O4S/c1-16-7-4-5(13(14)15)2-3-6(7)17-9-12-11-8(10)18-9/h2-4H,1H3. The zero-order valence-corrected chi connectivity index (χ0v) is 11.4. The van der Waals surface area contributed by atoms with E-state index in [1.54, 1.807) is 0 Å². The number of hydrogen-bond donors (Lipinski definition) is 0. The second-order valence-corrected chi connectivity index (χ2v) is 5.23. The highest BCUT2D eigenvalue weighted by Gasteiger charge is 2.14. The Morgan fingerprint density at radius 3 is 2.72 bits per heavy atom. The van der Waals surface area contributed by atoms with Crippen molar-refractivity contribution in [3.8, 4) is 16.7 Å². The van der Waals surface area contributed by atoms with Crippen LogP contribution in [0.25, 0.3) is 0 Å². The lowest BCUT2D eigenvalue weighted by Crippen LogP contribution is -1.93. The van der Waals surface area contributed by atoms with E-state index in [9.17, 15) is 10.1 Å². The average molecular weight is 332 g/mol. The molecular weight excluding hydrogens is 326 g/mol. The summed E-state index contributed by atoms with van der Waals surface area (Å²) in [6.45, 7) is 0. The minimum Gasteiger partial charge on any atom is -0.493 e. The predicted molar refractivity (Wildman–Crippen MR) is 67.3 cm³/mol. The Morgan fingerprint density at radius 2 is 2.17 bits per heavy atom. The Kier molecular flexibility index (Phi) is 3.72. The first kappa shape index (κ1) is 12.7. The minimum atomic E-state index is -0.506. The van der Waals surface area contributed by atoms with Crippen LogP contribution in [0.4, 0.5) is 5.69 Å². The fraction of sp³-hybridized carbons (Fsp3) is 0.111. The van der Waals surface area contributed by atoms with Crippen molar-refractivity contribution in [1.82, 2.24) is 10.2 Å². The van der Waals surface area contributed by atoms with Crippen LogP contribution in [0, 0.1) is 10.1 Å². The predicted octanol–water partition coefficient (Wildman–Crippen LogP) is 3.01. The third-order valence-corrected chi connectivity index (χ3v) is 3.17. The Morgan fingerprint density at radius 1 is 1.39 bits per heavy atom. The second-order valence-electron chi connectivity index (χ2n) is 3.02. The summed E-state index contributed by atoms with van der Waals surface area (Å²) in [5.74, 6) is 0.599. The monoisotopic (exact) mass is 331 g/mol. The van der Waals surface area contributed by atoms with Crippen LogP contribution in [0.15, 0.2) is 22.1 Å². The normalized spacial score (nSPS) is 10.1. The fourth-order valence-electron chi connectivity index (χ4n) is 1.18. The maximum Gasteiger partial charge on any atom is 0.300 e. The molecule has 0 unspecified atom stereocenters. The van der Waals surface area contributed by atoms with Crippen LogP contribution in [0.2, 0.25) is 0 Å². The number of aromatic nitrogens is 2. The molecule has 0 bridgehead atoms. The molecule has 18 heavy (non-hydrogen) atoms. The molecule has 0 saturated carbocycles. The molecule has 0 saturated heterocycles. The van der Waals surface area contributed by atoms with Crippen molar-refractivity contribution < 1.29 is 14.4 Å². The van der Waals surface area contributed by atoms with Gasteiger partial charge in [0.2, 0.25) is 0 Å². The number of rotatable bonds is 4. The van der Waals surface area contributed by atoms with E-state index in [-0.39, 0.29) is 11.4 Å². The van der Waals surface area contributed by atoms with Gasteiger partial charge in [-0.3, -0.25) is 10.1 Å². The zero-order chi connectivity index (χ0) is 13.1. The van der Waals surface area contributed by atoms with Crippen LogP contribution in [-0.2, 0) is 0 Å². The van der Waals surface area contributed by atoms with E-state index in [1.165, 1.54) is 36.6 Å². The van der Waals surface area contributed by atoms with Crippen LogP contribution in [0.1, 0.15) is 0 Å². The molecule has 0 atom stereocenters. The first-order valence-corrected chi connectivity index (χ1v) is 6.20. The van der Waals surface area contributed by atoms with Crippen LogP contribution < -0.4 is 9.47 Å². The van der Waals surface area contributed by atoms with Gasteiger partial charge < -0.3 is 9.47 Å². The number of nitro groups is 1. The van der Waals surface area contributed by atoms with Gasteiger partial charge in [0.15, 0.2) is 15.4 Å². The Labute approximate surface area is 114 Å². The molecule has 2 aromatic rings. The van der Waals surface area contributed by atoms with Gasteiger partial charge in [0, 0.05) is 6.07 Å². The van der Waals surface area contributed by atoms with Crippen molar-refractivity contribution in [3.05, 3.63) is 32.2 Å². The van der Waals surface area contributed by atoms with Crippen LogP contribution >= 0.6 is 27.3 Å². The van der Waals surface area contributed by atoms with Crippen molar-refractivity contribution in [2.75, 3.05) is 7.11 Å². The highest BCUT2D eigenvalue weighted by molar-refractivity contribution is 9.11. The Bertz CT molecular complexity index is 589. The van der Waals surface area contributed by atoms with Crippen molar-refractivity contribution in [3.63, 3.8) is 0 Å². The van der Waals surface area contributed by atoms with E-state index in [4.69, 9.17) is 9.47 Å². The lowest BCUT2D eigenvalue weighted by Gasteiger charge is -2.06. The molecule has 0 aliphatic carbocycles. The first-order chi connectivity index (χ1) is 8.60. The quantitative estimate of drug-likeness (QED) is 0.632. The molecule has 9 heteroatoms. The minimum absolute atomic E-state index is 0.0716. The highest BCUT2D eigenvalue weighted by atomic mass is 79.9. The molecule has 7 nitrogen and oxygen atoms in total. The average Bonchev–Trinajstić information content (AvgIpc) is 2.75. The number of methoxy groups -OCH3 is 1. The van der Waals surface area contributed by atoms with Gasteiger partial charge in [-0.2, -0.15) is 0 Å². The van der Waals surface area contributed by atoms with Crippen LogP contribution in [0.5, 0.6) is 16.7 Å². The summed E-state index contributed by atoms with van der Waals surface area (Å²) in [5, 5.41) is 18.4.